The number of aryl methyl sites for hydroxylation is 1. The Hall–Kier alpha value is -4.11. The summed E-state index contributed by atoms with van der Waals surface area (Å²) in [5, 5.41) is 11.6. The maximum Gasteiger partial charge on any atom is 0.332 e. The number of aromatic nitrogens is 3. The molecule has 0 saturated carbocycles. The molecule has 0 spiro atoms. The van der Waals surface area contributed by atoms with E-state index in [1.807, 2.05) is 11.0 Å². The largest absolute Gasteiger partial charge is 0.507 e. The van der Waals surface area contributed by atoms with Crippen LogP contribution in [-0.2, 0) is 11.8 Å². The molecule has 1 amide bonds. The minimum Gasteiger partial charge on any atom is -0.507 e. The number of hydrogen-bond acceptors (Lipinski definition) is 5. The number of nitrogens with zero attached hydrogens (tertiary/aromatic N) is 4. The molecule has 5 rings (SSSR count). The van der Waals surface area contributed by atoms with Gasteiger partial charge in [-0.25, -0.2) is 14.2 Å². The Balaban J connectivity index is 1.61. The van der Waals surface area contributed by atoms with E-state index in [1.54, 1.807) is 56.0 Å². The number of phenolic OH excluding ortho intramolecular Hbond substituents is 1. The van der Waals surface area contributed by atoms with Crippen LogP contribution in [0.3, 0.4) is 0 Å². The molecule has 3 N–H and O–H groups in total. The fraction of sp³-hybridized carbons (Fsp3) is 0.192. The first-order valence-electron chi connectivity index (χ1n) is 11.3. The van der Waals surface area contributed by atoms with E-state index in [0.29, 0.717) is 30.0 Å². The van der Waals surface area contributed by atoms with Gasteiger partial charge in [-0.2, -0.15) is 0 Å². The Bertz CT molecular complexity index is 1520. The summed E-state index contributed by atoms with van der Waals surface area (Å²) in [5.41, 5.74) is 6.77. The summed E-state index contributed by atoms with van der Waals surface area (Å²) in [4.78, 5) is 30.9. The van der Waals surface area contributed by atoms with Crippen molar-refractivity contribution in [2.24, 2.45) is 18.7 Å². The molecule has 2 aromatic carbocycles. The number of imidazole rings is 1. The molecule has 36 heavy (non-hydrogen) atoms. The number of primary amides is 1. The lowest BCUT2D eigenvalue weighted by Gasteiger charge is -2.29. The fourth-order valence-corrected chi connectivity index (χ4v) is 5.11. The van der Waals surface area contributed by atoms with E-state index in [-0.39, 0.29) is 27.6 Å². The lowest BCUT2D eigenvalue weighted by molar-refractivity contribution is -0.122. The highest BCUT2D eigenvalue weighted by Gasteiger charge is 2.41. The Morgan fingerprint density at radius 2 is 2.00 bits per heavy atom. The number of hydrogen-bond donors (Lipinski definition) is 2. The van der Waals surface area contributed by atoms with Gasteiger partial charge in [-0.15, -0.1) is 0 Å². The third-order valence-corrected chi connectivity index (χ3v) is 6.90. The number of amides is 1. The molecule has 10 heteroatoms. The van der Waals surface area contributed by atoms with Gasteiger partial charge in [0, 0.05) is 43.3 Å². The quantitative estimate of drug-likeness (QED) is 0.427. The average Bonchev–Trinajstić information content (AvgIpc) is 3.45. The van der Waals surface area contributed by atoms with Crippen LogP contribution in [0, 0.1) is 11.7 Å². The van der Waals surface area contributed by atoms with E-state index in [0.717, 1.165) is 0 Å². The molecule has 2 aromatic heterocycles. The summed E-state index contributed by atoms with van der Waals surface area (Å²) in [7, 11) is 1.63. The second kappa shape index (κ2) is 9.16. The normalized spacial score (nSPS) is 17.5. The highest BCUT2D eigenvalue weighted by molar-refractivity contribution is 6.32. The first kappa shape index (κ1) is 23.6. The molecule has 2 unspecified atom stereocenters. The van der Waals surface area contributed by atoms with E-state index < -0.39 is 23.7 Å². The summed E-state index contributed by atoms with van der Waals surface area (Å²) < 4.78 is 17.8. The molecule has 1 saturated heterocycles. The first-order chi connectivity index (χ1) is 17.3. The predicted octanol–water partition coefficient (Wildman–Crippen LogP) is 3.79. The van der Waals surface area contributed by atoms with Crippen LogP contribution in [0.25, 0.3) is 16.8 Å². The fourth-order valence-electron chi connectivity index (χ4n) is 4.84. The molecule has 1 aliphatic heterocycles. The Morgan fingerprint density at radius 1 is 1.19 bits per heavy atom. The third kappa shape index (κ3) is 4.01. The van der Waals surface area contributed by atoms with Crippen molar-refractivity contribution in [2.75, 3.05) is 11.4 Å². The molecular formula is C26H23ClFN5O3. The molecule has 2 atom stereocenters. The number of carbonyl (C=O) groups excluding carboxylic acids is 1. The molecule has 1 fully saturated rings. The van der Waals surface area contributed by atoms with Crippen molar-refractivity contribution in [2.45, 2.75) is 12.5 Å². The van der Waals surface area contributed by atoms with Gasteiger partial charge < -0.3 is 20.3 Å². The van der Waals surface area contributed by atoms with Crippen LogP contribution in [-0.4, -0.2) is 31.7 Å². The van der Waals surface area contributed by atoms with Crippen LogP contribution < -0.4 is 16.3 Å². The zero-order valence-corrected chi connectivity index (χ0v) is 20.1. The minimum absolute atomic E-state index is 0.184. The van der Waals surface area contributed by atoms with Gasteiger partial charge in [0.2, 0.25) is 5.91 Å². The van der Waals surface area contributed by atoms with Crippen molar-refractivity contribution in [1.29, 1.82) is 0 Å². The topological polar surface area (TPSA) is 106 Å². The van der Waals surface area contributed by atoms with E-state index in [2.05, 4.69) is 4.98 Å². The van der Waals surface area contributed by atoms with Crippen LogP contribution >= 0.6 is 11.6 Å². The van der Waals surface area contributed by atoms with Crippen molar-refractivity contribution in [1.82, 2.24) is 14.1 Å². The van der Waals surface area contributed by atoms with E-state index in [4.69, 9.17) is 17.3 Å². The maximum atomic E-state index is 15.0. The van der Waals surface area contributed by atoms with Crippen LogP contribution in [0.1, 0.15) is 18.0 Å². The summed E-state index contributed by atoms with van der Waals surface area (Å²) in [6, 6.07) is 11.9. The second-order valence-corrected chi connectivity index (χ2v) is 9.15. The van der Waals surface area contributed by atoms with Crippen molar-refractivity contribution >= 4 is 23.3 Å². The second-order valence-electron chi connectivity index (χ2n) is 8.74. The van der Waals surface area contributed by atoms with Crippen molar-refractivity contribution in [3.63, 3.8) is 0 Å². The molecular weight excluding hydrogens is 485 g/mol. The van der Waals surface area contributed by atoms with Gasteiger partial charge in [0.25, 0.3) is 0 Å². The molecule has 0 aliphatic carbocycles. The number of aromatic hydroxyl groups is 1. The molecule has 1 aliphatic rings. The van der Waals surface area contributed by atoms with Crippen molar-refractivity contribution in [3.05, 3.63) is 94.0 Å². The zero-order chi connectivity index (χ0) is 25.6. The highest BCUT2D eigenvalue weighted by Crippen LogP contribution is 2.46. The Labute approximate surface area is 211 Å². The van der Waals surface area contributed by atoms with Crippen molar-refractivity contribution < 1.29 is 14.3 Å². The highest BCUT2D eigenvalue weighted by atomic mass is 35.5. The van der Waals surface area contributed by atoms with Crippen LogP contribution in [0.5, 0.6) is 5.75 Å². The van der Waals surface area contributed by atoms with Gasteiger partial charge in [-0.05, 0) is 48.4 Å². The van der Waals surface area contributed by atoms with Gasteiger partial charge in [-0.1, -0.05) is 23.7 Å². The maximum absolute atomic E-state index is 15.0. The van der Waals surface area contributed by atoms with Crippen LogP contribution in [0.4, 0.5) is 10.2 Å². The zero-order valence-electron chi connectivity index (χ0n) is 19.3. The smallest absolute Gasteiger partial charge is 0.332 e. The minimum atomic E-state index is -0.704. The number of halogens is 2. The number of carbonyl (C=O) groups is 1. The summed E-state index contributed by atoms with van der Waals surface area (Å²) >= 11 is 6.50. The van der Waals surface area contributed by atoms with Crippen LogP contribution in [0.15, 0.2) is 71.9 Å². The Morgan fingerprint density at radius 3 is 2.64 bits per heavy atom. The van der Waals surface area contributed by atoms with Crippen molar-refractivity contribution in [3.8, 4) is 22.6 Å². The van der Waals surface area contributed by atoms with Gasteiger partial charge >= 0.3 is 5.69 Å². The standard InChI is InChI=1S/C26H23ClFN5O3/c1-31-10-11-32(26(31)36)21-6-5-15(12-20(21)27)18-13-16(28)14-19(24(18)34)23-17(25(29)35)7-9-33(23)22-4-2-3-8-30-22/h2-6,8,10-14,17,23,34H,7,9H2,1H3,(H2,29,35). The summed E-state index contributed by atoms with van der Waals surface area (Å²) in [6.07, 6.45) is 5.27. The number of benzene rings is 2. The molecule has 3 heterocycles. The molecule has 184 valence electrons. The van der Waals surface area contributed by atoms with E-state index in [9.17, 15) is 19.1 Å². The van der Waals surface area contributed by atoms with E-state index >= 15 is 0 Å². The van der Waals surface area contributed by atoms with Gasteiger partial charge in [0.05, 0.1) is 22.7 Å². The number of nitrogens with two attached hydrogens (primary N) is 1. The first-order valence-corrected chi connectivity index (χ1v) is 11.7. The van der Waals surface area contributed by atoms with Crippen LogP contribution in [0.2, 0.25) is 5.02 Å². The van der Waals surface area contributed by atoms with Gasteiger partial charge in [0.15, 0.2) is 0 Å². The molecule has 0 radical (unpaired) electrons. The predicted molar refractivity (Wildman–Crippen MR) is 135 cm³/mol. The molecule has 8 nitrogen and oxygen atoms in total. The van der Waals surface area contributed by atoms with Gasteiger partial charge in [-0.3, -0.25) is 9.36 Å². The van der Waals surface area contributed by atoms with Gasteiger partial charge in [0.1, 0.15) is 17.4 Å². The van der Waals surface area contributed by atoms with E-state index in [1.165, 1.54) is 21.3 Å². The monoisotopic (exact) mass is 507 g/mol. The Kier molecular flexibility index (Phi) is 6.01. The number of anilines is 1. The third-order valence-electron chi connectivity index (χ3n) is 6.60. The lowest BCUT2D eigenvalue weighted by Crippen LogP contribution is -2.32. The SMILES string of the molecule is Cn1ccn(-c2ccc(-c3cc(F)cc(C4C(C(N)=O)CCN4c4ccccn4)c3O)cc2Cl)c1=O. The molecule has 4 aromatic rings. The summed E-state index contributed by atoms with van der Waals surface area (Å²) in [6.45, 7) is 0.465. The number of rotatable bonds is 5. The molecule has 0 bridgehead atoms. The lowest BCUT2D eigenvalue weighted by atomic mass is 9.89. The summed E-state index contributed by atoms with van der Waals surface area (Å²) in [5.74, 6) is -1.37. The number of phenols is 1. The number of pyridine rings is 1. The average molecular weight is 508 g/mol.